The van der Waals surface area contributed by atoms with Crippen molar-refractivity contribution in [3.63, 3.8) is 0 Å². The van der Waals surface area contributed by atoms with Crippen LogP contribution in [0.3, 0.4) is 0 Å². The number of rotatable bonds is 3. The number of aromatic nitrogens is 2. The maximum atomic E-state index is 11.3. The van der Waals surface area contributed by atoms with Crippen LogP contribution in [0.5, 0.6) is 0 Å². The first-order valence-corrected chi connectivity index (χ1v) is 5.72. The lowest BCUT2D eigenvalue weighted by Crippen LogP contribution is -2.01. The molecule has 2 aromatic rings. The highest BCUT2D eigenvalue weighted by atomic mass is 16.1. The molecule has 19 heavy (non-hydrogen) atoms. The van der Waals surface area contributed by atoms with Crippen molar-refractivity contribution < 1.29 is 4.79 Å². The molecule has 0 spiro atoms. The summed E-state index contributed by atoms with van der Waals surface area (Å²) in [5.74, 6) is 0.337. The molecule has 0 fully saturated rings. The fraction of sp³-hybridized carbons (Fsp3) is 0.143. The quantitative estimate of drug-likeness (QED) is 0.849. The predicted molar refractivity (Wildman–Crippen MR) is 71.2 cm³/mol. The normalized spacial score (nSPS) is 9.74. The maximum Gasteiger partial charge on any atom is 0.228 e. The third-order valence-electron chi connectivity index (χ3n) is 2.49. The molecular formula is C14H12N4O. The second kappa shape index (κ2) is 5.27. The molecule has 0 aliphatic heterocycles. The molecule has 94 valence electrons. The van der Waals surface area contributed by atoms with Crippen molar-refractivity contribution in [1.82, 2.24) is 9.97 Å². The lowest BCUT2D eigenvalue weighted by atomic mass is 10.1. The molecule has 1 N–H and O–H groups in total. The van der Waals surface area contributed by atoms with Gasteiger partial charge in [0.1, 0.15) is 11.8 Å². The van der Waals surface area contributed by atoms with Crippen molar-refractivity contribution in [3.8, 4) is 6.07 Å². The summed E-state index contributed by atoms with van der Waals surface area (Å²) in [5, 5.41) is 11.8. The number of nitriles is 1. The van der Waals surface area contributed by atoms with Crippen LogP contribution in [0.25, 0.3) is 0 Å². The Bertz CT molecular complexity index is 673. The first-order chi connectivity index (χ1) is 9.08. The Labute approximate surface area is 110 Å². The fourth-order valence-electron chi connectivity index (χ4n) is 1.63. The minimum atomic E-state index is -0.00785. The van der Waals surface area contributed by atoms with Crippen LogP contribution < -0.4 is 5.32 Å². The highest BCUT2D eigenvalue weighted by molar-refractivity contribution is 5.95. The summed E-state index contributed by atoms with van der Waals surface area (Å²) in [6.45, 7) is 3.30. The van der Waals surface area contributed by atoms with E-state index >= 15 is 0 Å². The summed E-state index contributed by atoms with van der Waals surface area (Å²) in [6.07, 6.45) is 0. The van der Waals surface area contributed by atoms with Gasteiger partial charge in [-0.15, -0.1) is 0 Å². The van der Waals surface area contributed by atoms with E-state index in [0.29, 0.717) is 28.6 Å². The monoisotopic (exact) mass is 252 g/mol. The third-order valence-corrected chi connectivity index (χ3v) is 2.49. The Morgan fingerprint density at radius 2 is 2.11 bits per heavy atom. The van der Waals surface area contributed by atoms with Gasteiger partial charge in [0.15, 0.2) is 5.78 Å². The van der Waals surface area contributed by atoms with Crippen molar-refractivity contribution in [3.05, 3.63) is 47.3 Å². The zero-order valence-electron chi connectivity index (χ0n) is 10.6. The molecule has 0 radical (unpaired) electrons. The van der Waals surface area contributed by atoms with Gasteiger partial charge in [-0.1, -0.05) is 12.1 Å². The minimum Gasteiger partial charge on any atom is -0.324 e. The molecule has 1 aromatic carbocycles. The summed E-state index contributed by atoms with van der Waals surface area (Å²) >= 11 is 0. The summed E-state index contributed by atoms with van der Waals surface area (Å²) in [6, 6.07) is 10.6. The van der Waals surface area contributed by atoms with Crippen molar-refractivity contribution in [2.75, 3.05) is 5.32 Å². The van der Waals surface area contributed by atoms with Gasteiger partial charge in [0.2, 0.25) is 5.95 Å². The minimum absolute atomic E-state index is 0.00785. The van der Waals surface area contributed by atoms with Crippen LogP contribution in [0.1, 0.15) is 28.7 Å². The number of hydrogen-bond donors (Lipinski definition) is 1. The number of anilines is 2. The summed E-state index contributed by atoms with van der Waals surface area (Å²) in [7, 11) is 0. The lowest BCUT2D eigenvalue weighted by molar-refractivity contribution is 0.101. The molecule has 0 bridgehead atoms. The predicted octanol–water partition coefficient (Wildman–Crippen LogP) is 2.60. The maximum absolute atomic E-state index is 11.3. The van der Waals surface area contributed by atoms with Crippen molar-refractivity contribution in [2.45, 2.75) is 13.8 Å². The van der Waals surface area contributed by atoms with Gasteiger partial charge in [0, 0.05) is 16.9 Å². The Morgan fingerprint density at radius 3 is 2.79 bits per heavy atom. The number of ketones is 1. The summed E-state index contributed by atoms with van der Waals surface area (Å²) in [5.41, 5.74) is 2.33. The first kappa shape index (κ1) is 12.7. The van der Waals surface area contributed by atoms with Crippen molar-refractivity contribution in [2.24, 2.45) is 0 Å². The van der Waals surface area contributed by atoms with E-state index in [1.54, 1.807) is 31.2 Å². The number of benzene rings is 1. The Kier molecular flexibility index (Phi) is 3.53. The Morgan fingerprint density at radius 1 is 1.32 bits per heavy atom. The molecule has 1 heterocycles. The van der Waals surface area contributed by atoms with Crippen LogP contribution in [0.15, 0.2) is 30.3 Å². The molecule has 2 rings (SSSR count). The van der Waals surface area contributed by atoms with Gasteiger partial charge >= 0.3 is 0 Å². The zero-order chi connectivity index (χ0) is 13.8. The molecule has 0 aliphatic carbocycles. The Hall–Kier alpha value is -2.74. The van der Waals surface area contributed by atoms with Crippen LogP contribution in [0, 0.1) is 18.3 Å². The standard InChI is InChI=1S/C14H12N4O/c1-9-6-13(8-15)18-14(16-9)17-12-5-3-4-11(7-12)10(2)19/h3-7H,1-2H3,(H,16,17,18). The average molecular weight is 252 g/mol. The molecule has 5 nitrogen and oxygen atoms in total. The first-order valence-electron chi connectivity index (χ1n) is 5.72. The molecule has 1 aromatic heterocycles. The highest BCUT2D eigenvalue weighted by Crippen LogP contribution is 2.15. The van der Waals surface area contributed by atoms with E-state index in [2.05, 4.69) is 15.3 Å². The number of aryl methyl sites for hydroxylation is 1. The lowest BCUT2D eigenvalue weighted by Gasteiger charge is -2.06. The van der Waals surface area contributed by atoms with E-state index in [1.165, 1.54) is 6.92 Å². The van der Waals surface area contributed by atoms with Crippen molar-refractivity contribution in [1.29, 1.82) is 5.26 Å². The van der Waals surface area contributed by atoms with Crippen molar-refractivity contribution >= 4 is 17.4 Å². The number of nitrogens with zero attached hydrogens (tertiary/aromatic N) is 3. The van der Waals surface area contributed by atoms with E-state index in [1.807, 2.05) is 12.1 Å². The number of carbonyl (C=O) groups excluding carboxylic acids is 1. The van der Waals surface area contributed by atoms with Gasteiger partial charge < -0.3 is 5.32 Å². The zero-order valence-corrected chi connectivity index (χ0v) is 10.6. The molecule has 0 saturated heterocycles. The smallest absolute Gasteiger partial charge is 0.228 e. The Balaban J connectivity index is 2.31. The number of hydrogen-bond acceptors (Lipinski definition) is 5. The third kappa shape index (κ3) is 3.13. The summed E-state index contributed by atoms with van der Waals surface area (Å²) in [4.78, 5) is 19.5. The van der Waals surface area contributed by atoms with Crippen LogP contribution in [0.4, 0.5) is 11.6 Å². The molecule has 0 saturated carbocycles. The number of carbonyl (C=O) groups is 1. The van der Waals surface area contributed by atoms with Crippen LogP contribution in [-0.4, -0.2) is 15.8 Å². The van der Waals surface area contributed by atoms with E-state index in [-0.39, 0.29) is 5.78 Å². The highest BCUT2D eigenvalue weighted by Gasteiger charge is 2.04. The SMILES string of the molecule is CC(=O)c1cccc(Nc2nc(C)cc(C#N)n2)c1. The van der Waals surface area contributed by atoms with Gasteiger partial charge in [-0.3, -0.25) is 4.79 Å². The van der Waals surface area contributed by atoms with Gasteiger partial charge in [0.05, 0.1) is 0 Å². The molecule has 0 amide bonds. The van der Waals surface area contributed by atoms with E-state index in [9.17, 15) is 4.79 Å². The average Bonchev–Trinajstić information content (AvgIpc) is 2.38. The van der Waals surface area contributed by atoms with Crippen LogP contribution >= 0.6 is 0 Å². The van der Waals surface area contributed by atoms with Crippen LogP contribution in [-0.2, 0) is 0 Å². The second-order valence-electron chi connectivity index (χ2n) is 4.09. The molecule has 0 aliphatic rings. The molecule has 0 unspecified atom stereocenters. The van der Waals surface area contributed by atoms with E-state index in [4.69, 9.17) is 5.26 Å². The van der Waals surface area contributed by atoms with Gasteiger partial charge in [-0.05, 0) is 32.0 Å². The molecular weight excluding hydrogens is 240 g/mol. The van der Waals surface area contributed by atoms with E-state index < -0.39 is 0 Å². The number of Topliss-reactive ketones (excluding diaryl/α,β-unsaturated/α-hetero) is 1. The molecule has 5 heteroatoms. The topological polar surface area (TPSA) is 78.7 Å². The largest absolute Gasteiger partial charge is 0.324 e. The van der Waals surface area contributed by atoms with Gasteiger partial charge in [0.25, 0.3) is 0 Å². The second-order valence-corrected chi connectivity index (χ2v) is 4.09. The summed E-state index contributed by atoms with van der Waals surface area (Å²) < 4.78 is 0. The molecule has 0 atom stereocenters. The van der Waals surface area contributed by atoms with Gasteiger partial charge in [-0.2, -0.15) is 5.26 Å². The number of nitrogens with one attached hydrogen (secondary N) is 1. The van der Waals surface area contributed by atoms with Gasteiger partial charge in [-0.25, -0.2) is 9.97 Å². The van der Waals surface area contributed by atoms with Crippen LogP contribution in [0.2, 0.25) is 0 Å². The fourth-order valence-corrected chi connectivity index (χ4v) is 1.63. The van der Waals surface area contributed by atoms with E-state index in [0.717, 1.165) is 0 Å².